The van der Waals surface area contributed by atoms with E-state index in [0.29, 0.717) is 32.4 Å². The molecule has 2 rings (SSSR count). The van der Waals surface area contributed by atoms with Crippen LogP contribution in [0.15, 0.2) is 36.4 Å². The highest BCUT2D eigenvalue weighted by Crippen LogP contribution is 2.29. The van der Waals surface area contributed by atoms with Crippen LogP contribution in [-0.2, 0) is 0 Å². The number of hydrogen-bond acceptors (Lipinski definition) is 2. The van der Waals surface area contributed by atoms with Gasteiger partial charge in [-0.25, -0.2) is 0 Å². The molecule has 0 amide bonds. The molecule has 0 radical (unpaired) electrons. The van der Waals surface area contributed by atoms with E-state index in [-0.39, 0.29) is 6.10 Å². The van der Waals surface area contributed by atoms with Crippen LogP contribution < -0.4 is 10.1 Å². The lowest BCUT2D eigenvalue weighted by atomic mass is 10.3. The molecule has 0 aliphatic rings. The van der Waals surface area contributed by atoms with Crippen molar-refractivity contribution in [1.82, 2.24) is 0 Å². The predicted octanol–water partition coefficient (Wildman–Crippen LogP) is 6.18. The smallest absolute Gasteiger partial charge is 0.138 e. The van der Waals surface area contributed by atoms with Crippen LogP contribution >= 0.6 is 46.4 Å². The molecule has 6 heteroatoms. The van der Waals surface area contributed by atoms with Crippen molar-refractivity contribution in [1.29, 1.82) is 0 Å². The van der Waals surface area contributed by atoms with Crippen molar-refractivity contribution in [2.24, 2.45) is 0 Å². The molecule has 0 heterocycles. The Morgan fingerprint density at radius 1 is 0.952 bits per heavy atom. The van der Waals surface area contributed by atoms with E-state index in [0.717, 1.165) is 5.69 Å². The first-order chi connectivity index (χ1) is 9.95. The van der Waals surface area contributed by atoms with Gasteiger partial charge in [-0.15, -0.1) is 0 Å². The average molecular weight is 365 g/mol. The van der Waals surface area contributed by atoms with Crippen molar-refractivity contribution in [2.75, 3.05) is 11.9 Å². The van der Waals surface area contributed by atoms with Crippen LogP contribution in [0.3, 0.4) is 0 Å². The van der Waals surface area contributed by atoms with E-state index in [9.17, 15) is 0 Å². The van der Waals surface area contributed by atoms with Gasteiger partial charge in [0.15, 0.2) is 0 Å². The van der Waals surface area contributed by atoms with Crippen molar-refractivity contribution in [3.05, 3.63) is 56.5 Å². The van der Waals surface area contributed by atoms with E-state index in [1.165, 1.54) is 0 Å². The number of ether oxygens (including phenoxy) is 1. The molecule has 1 N–H and O–H groups in total. The Kier molecular flexibility index (Phi) is 5.88. The first kappa shape index (κ1) is 16.6. The molecule has 0 aromatic heterocycles. The highest BCUT2D eigenvalue weighted by molar-refractivity contribution is 6.35. The average Bonchev–Trinajstić information content (AvgIpc) is 2.43. The van der Waals surface area contributed by atoms with Gasteiger partial charge in [0.2, 0.25) is 0 Å². The highest BCUT2D eigenvalue weighted by atomic mass is 35.5. The number of anilines is 1. The topological polar surface area (TPSA) is 21.3 Å². The molecule has 1 unspecified atom stereocenters. The van der Waals surface area contributed by atoms with E-state index >= 15 is 0 Å². The molecule has 1 atom stereocenters. The Morgan fingerprint density at radius 2 is 1.62 bits per heavy atom. The Labute approximate surface area is 143 Å². The first-order valence-corrected chi connectivity index (χ1v) is 7.77. The normalized spacial score (nSPS) is 12.0. The molecule has 0 spiro atoms. The minimum atomic E-state index is -0.112. The third-order valence-corrected chi connectivity index (χ3v) is 3.83. The van der Waals surface area contributed by atoms with Crippen molar-refractivity contribution in [3.63, 3.8) is 0 Å². The second-order valence-corrected chi connectivity index (χ2v) is 6.20. The monoisotopic (exact) mass is 363 g/mol. The molecule has 2 aromatic rings. The second kappa shape index (κ2) is 7.46. The van der Waals surface area contributed by atoms with Gasteiger partial charge in [-0.05, 0) is 43.3 Å². The molecule has 0 saturated carbocycles. The van der Waals surface area contributed by atoms with Crippen LogP contribution in [-0.4, -0.2) is 12.6 Å². The predicted molar refractivity (Wildman–Crippen MR) is 91.5 cm³/mol. The standard InChI is InChI=1S/C15H13Cl4NO/c1-9(21-15-5-3-10(16)6-13(15)19)8-20-14-7-11(17)2-4-12(14)18/h2-7,9,20H,8H2,1H3. The van der Waals surface area contributed by atoms with Gasteiger partial charge < -0.3 is 10.1 Å². The maximum Gasteiger partial charge on any atom is 0.138 e. The summed E-state index contributed by atoms with van der Waals surface area (Å²) < 4.78 is 5.76. The van der Waals surface area contributed by atoms with Gasteiger partial charge in [0, 0.05) is 10.0 Å². The number of rotatable bonds is 5. The summed E-state index contributed by atoms with van der Waals surface area (Å²) in [6, 6.07) is 10.4. The minimum absolute atomic E-state index is 0.112. The Balaban J connectivity index is 1.95. The van der Waals surface area contributed by atoms with E-state index in [1.807, 2.05) is 6.92 Å². The molecular formula is C15H13Cl4NO. The third kappa shape index (κ3) is 4.86. The fourth-order valence-corrected chi connectivity index (χ4v) is 2.53. The maximum atomic E-state index is 6.08. The second-order valence-electron chi connectivity index (χ2n) is 4.51. The Hall–Kier alpha value is -0.800. The number of benzene rings is 2. The summed E-state index contributed by atoms with van der Waals surface area (Å²) >= 11 is 23.9. The van der Waals surface area contributed by atoms with Gasteiger partial charge in [-0.1, -0.05) is 46.4 Å². The minimum Gasteiger partial charge on any atom is -0.487 e. The molecule has 0 fully saturated rings. The van der Waals surface area contributed by atoms with Gasteiger partial charge >= 0.3 is 0 Å². The zero-order valence-electron chi connectivity index (χ0n) is 11.2. The van der Waals surface area contributed by atoms with E-state index in [4.69, 9.17) is 51.1 Å². The van der Waals surface area contributed by atoms with Crippen molar-refractivity contribution in [2.45, 2.75) is 13.0 Å². The highest BCUT2D eigenvalue weighted by Gasteiger charge is 2.09. The van der Waals surface area contributed by atoms with Crippen LogP contribution in [0.4, 0.5) is 5.69 Å². The molecule has 2 aromatic carbocycles. The van der Waals surface area contributed by atoms with E-state index in [2.05, 4.69) is 5.32 Å². The van der Waals surface area contributed by atoms with Crippen molar-refractivity contribution < 1.29 is 4.74 Å². The quantitative estimate of drug-likeness (QED) is 0.683. The van der Waals surface area contributed by atoms with Crippen LogP contribution in [0.1, 0.15) is 6.92 Å². The summed E-state index contributed by atoms with van der Waals surface area (Å²) in [5.74, 6) is 0.590. The SMILES string of the molecule is CC(CNc1cc(Cl)ccc1Cl)Oc1ccc(Cl)cc1Cl. The van der Waals surface area contributed by atoms with Gasteiger partial charge in [-0.3, -0.25) is 0 Å². The number of halogens is 4. The zero-order chi connectivity index (χ0) is 15.4. The lowest BCUT2D eigenvalue weighted by Gasteiger charge is -2.17. The first-order valence-electron chi connectivity index (χ1n) is 6.26. The summed E-state index contributed by atoms with van der Waals surface area (Å²) in [6.45, 7) is 2.48. The summed E-state index contributed by atoms with van der Waals surface area (Å²) in [4.78, 5) is 0. The molecule has 0 aliphatic heterocycles. The molecule has 0 aliphatic carbocycles. The molecule has 2 nitrogen and oxygen atoms in total. The fourth-order valence-electron chi connectivity index (χ4n) is 1.72. The molecule has 0 saturated heterocycles. The van der Waals surface area contributed by atoms with Gasteiger partial charge in [0.05, 0.1) is 22.3 Å². The lowest BCUT2D eigenvalue weighted by molar-refractivity contribution is 0.235. The third-order valence-electron chi connectivity index (χ3n) is 2.73. The molecular weight excluding hydrogens is 352 g/mol. The Bertz CT molecular complexity index is 633. The van der Waals surface area contributed by atoms with Gasteiger partial charge in [0.1, 0.15) is 11.9 Å². The van der Waals surface area contributed by atoms with Crippen LogP contribution in [0.25, 0.3) is 0 Å². The number of hydrogen-bond donors (Lipinski definition) is 1. The van der Waals surface area contributed by atoms with Crippen LogP contribution in [0.5, 0.6) is 5.75 Å². The van der Waals surface area contributed by atoms with E-state index in [1.54, 1.807) is 36.4 Å². The molecule has 0 bridgehead atoms. The fraction of sp³-hybridized carbons (Fsp3) is 0.200. The summed E-state index contributed by atoms with van der Waals surface area (Å²) in [7, 11) is 0. The largest absolute Gasteiger partial charge is 0.487 e. The summed E-state index contributed by atoms with van der Waals surface area (Å²) in [5.41, 5.74) is 0.766. The Morgan fingerprint density at radius 3 is 2.33 bits per heavy atom. The van der Waals surface area contributed by atoms with Crippen molar-refractivity contribution >= 4 is 52.1 Å². The van der Waals surface area contributed by atoms with Crippen LogP contribution in [0.2, 0.25) is 20.1 Å². The summed E-state index contributed by atoms with van der Waals surface area (Å²) in [5, 5.41) is 5.48. The summed E-state index contributed by atoms with van der Waals surface area (Å²) in [6.07, 6.45) is -0.112. The van der Waals surface area contributed by atoms with Crippen LogP contribution in [0, 0.1) is 0 Å². The van der Waals surface area contributed by atoms with Gasteiger partial charge in [0.25, 0.3) is 0 Å². The maximum absolute atomic E-state index is 6.08. The van der Waals surface area contributed by atoms with Crippen molar-refractivity contribution in [3.8, 4) is 5.75 Å². The lowest BCUT2D eigenvalue weighted by Crippen LogP contribution is -2.22. The van der Waals surface area contributed by atoms with E-state index < -0.39 is 0 Å². The zero-order valence-corrected chi connectivity index (χ0v) is 14.2. The molecule has 112 valence electrons. The number of nitrogens with one attached hydrogen (secondary N) is 1. The molecule has 21 heavy (non-hydrogen) atoms. The van der Waals surface area contributed by atoms with Gasteiger partial charge in [-0.2, -0.15) is 0 Å².